The van der Waals surface area contributed by atoms with Crippen molar-refractivity contribution in [2.24, 2.45) is 5.92 Å². The van der Waals surface area contributed by atoms with E-state index in [0.29, 0.717) is 11.5 Å². The van der Waals surface area contributed by atoms with Crippen LogP contribution in [0, 0.1) is 5.92 Å². The number of carbonyl (C=O) groups is 1. The number of aromatic nitrogens is 2. The highest BCUT2D eigenvalue weighted by Gasteiger charge is 2.18. The summed E-state index contributed by atoms with van der Waals surface area (Å²) < 4.78 is 0. The van der Waals surface area contributed by atoms with Gasteiger partial charge in [0, 0.05) is 12.7 Å². The van der Waals surface area contributed by atoms with Crippen molar-refractivity contribution in [3.05, 3.63) is 23.8 Å². The maximum absolute atomic E-state index is 12.2. The average Bonchev–Trinajstić information content (AvgIpc) is 2.46. The molecule has 112 valence electrons. The van der Waals surface area contributed by atoms with E-state index in [1.807, 2.05) is 13.8 Å². The normalized spacial score (nSPS) is 18.4. The molecule has 1 fully saturated rings. The first-order valence-electron chi connectivity index (χ1n) is 6.97. The molecule has 1 aliphatic rings. The van der Waals surface area contributed by atoms with Crippen LogP contribution in [0.1, 0.15) is 48.7 Å². The number of amides is 1. The SMILES string of the molecule is CC(C)c1ncncc1C(=O)NCC1CCCNC1.Cl. The van der Waals surface area contributed by atoms with Crippen LogP contribution in [0.5, 0.6) is 0 Å². The third-order valence-corrected chi connectivity index (χ3v) is 3.48. The zero-order chi connectivity index (χ0) is 13.7. The molecule has 2 heterocycles. The smallest absolute Gasteiger partial charge is 0.254 e. The molecule has 0 spiro atoms. The average molecular weight is 299 g/mol. The predicted molar refractivity (Wildman–Crippen MR) is 81.3 cm³/mol. The summed E-state index contributed by atoms with van der Waals surface area (Å²) in [5.74, 6) is 0.694. The summed E-state index contributed by atoms with van der Waals surface area (Å²) in [6.07, 6.45) is 5.47. The van der Waals surface area contributed by atoms with E-state index in [2.05, 4.69) is 20.6 Å². The Kier molecular flexibility index (Phi) is 6.88. The van der Waals surface area contributed by atoms with E-state index < -0.39 is 0 Å². The van der Waals surface area contributed by atoms with Gasteiger partial charge in [-0.05, 0) is 37.8 Å². The van der Waals surface area contributed by atoms with Gasteiger partial charge in [-0.3, -0.25) is 4.79 Å². The van der Waals surface area contributed by atoms with Gasteiger partial charge in [0.05, 0.1) is 11.3 Å². The Morgan fingerprint density at radius 3 is 3.00 bits per heavy atom. The highest BCUT2D eigenvalue weighted by atomic mass is 35.5. The number of hydrogen-bond acceptors (Lipinski definition) is 4. The Balaban J connectivity index is 0.00000200. The summed E-state index contributed by atoms with van der Waals surface area (Å²) in [6, 6.07) is 0. The number of rotatable bonds is 4. The van der Waals surface area contributed by atoms with Crippen LogP contribution in [0.4, 0.5) is 0 Å². The molecule has 0 aliphatic carbocycles. The first kappa shape index (κ1) is 16.9. The lowest BCUT2D eigenvalue weighted by molar-refractivity contribution is 0.0942. The maximum Gasteiger partial charge on any atom is 0.254 e. The Labute approximate surface area is 126 Å². The van der Waals surface area contributed by atoms with E-state index in [4.69, 9.17) is 0 Å². The van der Waals surface area contributed by atoms with Gasteiger partial charge in [-0.15, -0.1) is 12.4 Å². The van der Waals surface area contributed by atoms with Crippen LogP contribution in [0.15, 0.2) is 12.5 Å². The lowest BCUT2D eigenvalue weighted by Crippen LogP contribution is -2.38. The third kappa shape index (κ3) is 4.42. The molecule has 5 nitrogen and oxygen atoms in total. The molecule has 1 aromatic rings. The molecule has 1 amide bonds. The van der Waals surface area contributed by atoms with Crippen molar-refractivity contribution in [1.29, 1.82) is 0 Å². The summed E-state index contributed by atoms with van der Waals surface area (Å²) in [6.45, 7) is 6.86. The first-order chi connectivity index (χ1) is 9.18. The van der Waals surface area contributed by atoms with Crippen LogP contribution in [0.3, 0.4) is 0 Å². The molecule has 1 aromatic heterocycles. The quantitative estimate of drug-likeness (QED) is 0.889. The second-order valence-electron chi connectivity index (χ2n) is 5.40. The topological polar surface area (TPSA) is 66.9 Å². The van der Waals surface area contributed by atoms with Crippen molar-refractivity contribution in [2.45, 2.75) is 32.6 Å². The monoisotopic (exact) mass is 298 g/mol. The van der Waals surface area contributed by atoms with Gasteiger partial charge in [0.2, 0.25) is 0 Å². The third-order valence-electron chi connectivity index (χ3n) is 3.48. The molecule has 20 heavy (non-hydrogen) atoms. The van der Waals surface area contributed by atoms with Gasteiger partial charge in [0.1, 0.15) is 6.33 Å². The number of nitrogens with zero attached hydrogens (tertiary/aromatic N) is 2. The van der Waals surface area contributed by atoms with Crippen molar-refractivity contribution >= 4 is 18.3 Å². The lowest BCUT2D eigenvalue weighted by Gasteiger charge is -2.23. The van der Waals surface area contributed by atoms with Gasteiger partial charge in [-0.1, -0.05) is 13.8 Å². The highest BCUT2D eigenvalue weighted by molar-refractivity contribution is 5.95. The fourth-order valence-electron chi connectivity index (χ4n) is 2.40. The van der Waals surface area contributed by atoms with Crippen LogP contribution < -0.4 is 10.6 Å². The molecule has 1 unspecified atom stereocenters. The van der Waals surface area contributed by atoms with E-state index in [9.17, 15) is 4.79 Å². The van der Waals surface area contributed by atoms with Crippen molar-refractivity contribution < 1.29 is 4.79 Å². The van der Waals surface area contributed by atoms with E-state index in [0.717, 1.165) is 25.3 Å². The molecule has 6 heteroatoms. The Bertz CT molecular complexity index is 433. The minimum Gasteiger partial charge on any atom is -0.352 e. The van der Waals surface area contributed by atoms with Crippen LogP contribution in [0.25, 0.3) is 0 Å². The lowest BCUT2D eigenvalue weighted by atomic mass is 9.99. The number of hydrogen-bond donors (Lipinski definition) is 2. The number of carbonyl (C=O) groups excluding carboxylic acids is 1. The van der Waals surface area contributed by atoms with Gasteiger partial charge in [0.15, 0.2) is 0 Å². The van der Waals surface area contributed by atoms with Gasteiger partial charge >= 0.3 is 0 Å². The number of nitrogens with one attached hydrogen (secondary N) is 2. The molecule has 0 radical (unpaired) electrons. The summed E-state index contributed by atoms with van der Waals surface area (Å²) >= 11 is 0. The number of halogens is 1. The second kappa shape index (κ2) is 8.17. The largest absolute Gasteiger partial charge is 0.352 e. The number of piperidine rings is 1. The zero-order valence-corrected chi connectivity index (χ0v) is 12.9. The van der Waals surface area contributed by atoms with Gasteiger partial charge in [-0.25, -0.2) is 9.97 Å². The summed E-state index contributed by atoms with van der Waals surface area (Å²) in [5.41, 5.74) is 1.41. The molecule has 0 aromatic carbocycles. The fourth-order valence-corrected chi connectivity index (χ4v) is 2.40. The minimum absolute atomic E-state index is 0. The van der Waals surface area contributed by atoms with Crippen molar-refractivity contribution in [3.63, 3.8) is 0 Å². The molecule has 1 saturated heterocycles. The summed E-state index contributed by atoms with van der Waals surface area (Å²) in [7, 11) is 0. The van der Waals surface area contributed by atoms with Crippen molar-refractivity contribution in [1.82, 2.24) is 20.6 Å². The minimum atomic E-state index is -0.0603. The standard InChI is InChI=1S/C14H22N4O.ClH/c1-10(2)13-12(8-16-9-18-13)14(19)17-7-11-4-3-5-15-6-11;/h8-11,15H,3-7H2,1-2H3,(H,17,19);1H. The molecule has 1 atom stereocenters. The van der Waals surface area contributed by atoms with Gasteiger partial charge in [0.25, 0.3) is 5.91 Å². The zero-order valence-electron chi connectivity index (χ0n) is 12.1. The molecule has 0 bridgehead atoms. The Morgan fingerprint density at radius 1 is 1.55 bits per heavy atom. The highest BCUT2D eigenvalue weighted by Crippen LogP contribution is 2.15. The predicted octanol–water partition coefficient (Wildman–Crippen LogP) is 1.75. The second-order valence-corrected chi connectivity index (χ2v) is 5.40. The van der Waals surface area contributed by atoms with Gasteiger partial charge in [-0.2, -0.15) is 0 Å². The molecular weight excluding hydrogens is 276 g/mol. The van der Waals surface area contributed by atoms with Crippen molar-refractivity contribution in [2.75, 3.05) is 19.6 Å². The van der Waals surface area contributed by atoms with Crippen LogP contribution >= 0.6 is 12.4 Å². The van der Waals surface area contributed by atoms with E-state index >= 15 is 0 Å². The molecule has 2 rings (SSSR count). The maximum atomic E-state index is 12.2. The Morgan fingerprint density at radius 2 is 2.35 bits per heavy atom. The van der Waals surface area contributed by atoms with Gasteiger partial charge < -0.3 is 10.6 Å². The van der Waals surface area contributed by atoms with Crippen molar-refractivity contribution in [3.8, 4) is 0 Å². The van der Waals surface area contributed by atoms with E-state index in [1.54, 1.807) is 6.20 Å². The Hall–Kier alpha value is -1.20. The summed E-state index contributed by atoms with van der Waals surface area (Å²) in [5, 5.41) is 6.36. The summed E-state index contributed by atoms with van der Waals surface area (Å²) in [4.78, 5) is 20.4. The molecule has 2 N–H and O–H groups in total. The van der Waals surface area contributed by atoms with Crippen LogP contribution in [-0.2, 0) is 0 Å². The van der Waals surface area contributed by atoms with E-state index in [1.165, 1.54) is 19.2 Å². The van der Waals surface area contributed by atoms with Crippen LogP contribution in [0.2, 0.25) is 0 Å². The fraction of sp³-hybridized carbons (Fsp3) is 0.643. The molecular formula is C14H23ClN4O. The first-order valence-corrected chi connectivity index (χ1v) is 6.97. The molecule has 0 saturated carbocycles. The van der Waals surface area contributed by atoms with Crippen LogP contribution in [-0.4, -0.2) is 35.5 Å². The van der Waals surface area contributed by atoms with E-state index in [-0.39, 0.29) is 24.2 Å². The molecule has 1 aliphatic heterocycles.